The van der Waals surface area contributed by atoms with Gasteiger partial charge in [-0.1, -0.05) is 34.6 Å². The molecule has 0 radical (unpaired) electrons. The molecule has 4 nitrogen and oxygen atoms in total. The van der Waals surface area contributed by atoms with Crippen LogP contribution in [0.2, 0.25) is 0 Å². The molecule has 0 spiro atoms. The van der Waals surface area contributed by atoms with Crippen molar-refractivity contribution in [3.05, 3.63) is 0 Å². The van der Waals surface area contributed by atoms with Crippen molar-refractivity contribution < 1.29 is 8.42 Å². The fraction of sp³-hybridized carbons (Fsp3) is 1.00. The molecule has 0 aromatic rings. The van der Waals surface area contributed by atoms with Crippen molar-refractivity contribution in [1.29, 1.82) is 0 Å². The Labute approximate surface area is 118 Å². The van der Waals surface area contributed by atoms with Crippen LogP contribution in [0.5, 0.6) is 0 Å². The van der Waals surface area contributed by atoms with Gasteiger partial charge in [0.2, 0.25) is 10.0 Å². The van der Waals surface area contributed by atoms with Gasteiger partial charge in [0.15, 0.2) is 0 Å². The smallest absolute Gasteiger partial charge is 0.215 e. The number of nitrogens with zero attached hydrogens (tertiary/aromatic N) is 1. The zero-order valence-corrected chi connectivity index (χ0v) is 13.9. The zero-order valence-electron chi connectivity index (χ0n) is 13.1. The Kier molecular flexibility index (Phi) is 5.08. The lowest BCUT2D eigenvalue weighted by molar-refractivity contribution is 0.195. The van der Waals surface area contributed by atoms with Crippen LogP contribution in [0.4, 0.5) is 0 Å². The Hall–Kier alpha value is -0.130. The van der Waals surface area contributed by atoms with Gasteiger partial charge in [-0.15, -0.1) is 0 Å². The number of nitrogens with two attached hydrogens (primary N) is 1. The molecule has 0 saturated carbocycles. The summed E-state index contributed by atoms with van der Waals surface area (Å²) in [4.78, 5) is 0. The van der Waals surface area contributed by atoms with E-state index in [9.17, 15) is 8.42 Å². The third kappa shape index (κ3) is 5.79. The first-order valence-electron chi connectivity index (χ1n) is 7.15. The number of rotatable bonds is 4. The SMILES string of the molecule is CC(C)(C)CC(N)CS(=O)(=O)N1CCC(C)(C)CC1. The van der Waals surface area contributed by atoms with Gasteiger partial charge in [0, 0.05) is 19.1 Å². The number of sulfonamides is 1. The maximum atomic E-state index is 12.3. The van der Waals surface area contributed by atoms with Crippen LogP contribution in [-0.4, -0.2) is 37.6 Å². The van der Waals surface area contributed by atoms with Crippen LogP contribution in [0.15, 0.2) is 0 Å². The molecule has 2 N–H and O–H groups in total. The van der Waals surface area contributed by atoms with Crippen molar-refractivity contribution in [2.75, 3.05) is 18.8 Å². The van der Waals surface area contributed by atoms with E-state index in [1.54, 1.807) is 4.31 Å². The van der Waals surface area contributed by atoms with Gasteiger partial charge in [-0.3, -0.25) is 0 Å². The second kappa shape index (κ2) is 5.70. The molecule has 0 aliphatic carbocycles. The van der Waals surface area contributed by atoms with Gasteiger partial charge < -0.3 is 5.73 Å². The minimum atomic E-state index is -3.20. The monoisotopic (exact) mass is 290 g/mol. The molecule has 0 aromatic heterocycles. The molecule has 1 fully saturated rings. The molecule has 1 atom stereocenters. The van der Waals surface area contributed by atoms with E-state index >= 15 is 0 Å². The summed E-state index contributed by atoms with van der Waals surface area (Å²) in [5.74, 6) is 0.0741. The maximum absolute atomic E-state index is 12.3. The lowest BCUT2D eigenvalue weighted by Gasteiger charge is -2.36. The Morgan fingerprint density at radius 2 is 1.68 bits per heavy atom. The summed E-state index contributed by atoms with van der Waals surface area (Å²) < 4.78 is 26.3. The average Bonchev–Trinajstić information content (AvgIpc) is 2.11. The van der Waals surface area contributed by atoms with Crippen molar-refractivity contribution in [1.82, 2.24) is 4.31 Å². The fourth-order valence-electron chi connectivity index (χ4n) is 2.59. The first-order chi connectivity index (χ1) is 8.41. The zero-order chi connectivity index (χ0) is 14.9. The first-order valence-corrected chi connectivity index (χ1v) is 8.76. The van der Waals surface area contributed by atoms with Gasteiger partial charge >= 0.3 is 0 Å². The minimum Gasteiger partial charge on any atom is -0.327 e. The highest BCUT2D eigenvalue weighted by molar-refractivity contribution is 7.89. The molecule has 1 aliphatic heterocycles. The van der Waals surface area contributed by atoms with Crippen LogP contribution in [-0.2, 0) is 10.0 Å². The standard InChI is InChI=1S/C14H30N2O2S/c1-13(2,3)10-12(15)11-19(17,18)16-8-6-14(4,5)7-9-16/h12H,6-11,15H2,1-5H3. The van der Waals surface area contributed by atoms with Gasteiger partial charge in [-0.2, -0.15) is 0 Å². The molecule has 0 bridgehead atoms. The molecule has 0 amide bonds. The molecule has 114 valence electrons. The third-order valence-corrected chi connectivity index (χ3v) is 5.77. The third-order valence-electron chi connectivity index (χ3n) is 3.77. The molecule has 0 aromatic carbocycles. The predicted octanol–water partition coefficient (Wildman–Crippen LogP) is 2.20. The Morgan fingerprint density at radius 1 is 1.21 bits per heavy atom. The quantitative estimate of drug-likeness (QED) is 0.863. The van der Waals surface area contributed by atoms with E-state index in [0.717, 1.165) is 19.3 Å². The number of piperidine rings is 1. The maximum Gasteiger partial charge on any atom is 0.215 e. The molecular formula is C14H30N2O2S. The number of hydrogen-bond acceptors (Lipinski definition) is 3. The molecule has 1 aliphatic rings. The van der Waals surface area contributed by atoms with Crippen molar-refractivity contribution >= 4 is 10.0 Å². The Morgan fingerprint density at radius 3 is 2.11 bits per heavy atom. The topological polar surface area (TPSA) is 63.4 Å². The normalized spacial score (nSPS) is 23.3. The second-order valence-electron chi connectivity index (χ2n) is 7.87. The van der Waals surface area contributed by atoms with Crippen LogP contribution in [0, 0.1) is 10.8 Å². The summed E-state index contributed by atoms with van der Waals surface area (Å²) in [6.45, 7) is 11.9. The molecule has 1 unspecified atom stereocenters. The molecular weight excluding hydrogens is 260 g/mol. The van der Waals surface area contributed by atoms with E-state index in [1.807, 2.05) is 0 Å². The second-order valence-corrected chi connectivity index (χ2v) is 9.88. The van der Waals surface area contributed by atoms with Crippen LogP contribution in [0.1, 0.15) is 53.9 Å². The lowest BCUT2D eigenvalue weighted by Crippen LogP contribution is -2.45. The van der Waals surface area contributed by atoms with E-state index in [0.29, 0.717) is 13.1 Å². The number of hydrogen-bond donors (Lipinski definition) is 1. The van der Waals surface area contributed by atoms with Crippen LogP contribution < -0.4 is 5.73 Å². The molecule has 5 heteroatoms. The van der Waals surface area contributed by atoms with Crippen molar-refractivity contribution in [3.8, 4) is 0 Å². The highest BCUT2D eigenvalue weighted by Gasteiger charge is 2.33. The highest BCUT2D eigenvalue weighted by atomic mass is 32.2. The van der Waals surface area contributed by atoms with Gasteiger partial charge in [-0.05, 0) is 30.1 Å². The van der Waals surface area contributed by atoms with E-state index < -0.39 is 10.0 Å². The van der Waals surface area contributed by atoms with E-state index in [4.69, 9.17) is 5.73 Å². The van der Waals surface area contributed by atoms with Crippen LogP contribution in [0.25, 0.3) is 0 Å². The fourth-order valence-corrected chi connectivity index (χ4v) is 4.20. The average molecular weight is 290 g/mol. The van der Waals surface area contributed by atoms with Gasteiger partial charge in [0.25, 0.3) is 0 Å². The first kappa shape index (κ1) is 16.9. The summed E-state index contributed by atoms with van der Waals surface area (Å²) >= 11 is 0. The summed E-state index contributed by atoms with van der Waals surface area (Å²) in [6, 6.07) is -0.278. The Bertz CT molecular complexity index is 386. The Balaban J connectivity index is 2.57. The largest absolute Gasteiger partial charge is 0.327 e. The van der Waals surface area contributed by atoms with Crippen molar-refractivity contribution in [3.63, 3.8) is 0 Å². The predicted molar refractivity (Wildman–Crippen MR) is 80.4 cm³/mol. The molecule has 1 rings (SSSR count). The highest BCUT2D eigenvalue weighted by Crippen LogP contribution is 2.31. The molecule has 19 heavy (non-hydrogen) atoms. The summed E-state index contributed by atoms with van der Waals surface area (Å²) in [6.07, 6.45) is 2.59. The minimum absolute atomic E-state index is 0.0683. The molecule has 1 heterocycles. The molecule has 1 saturated heterocycles. The van der Waals surface area contributed by atoms with Crippen molar-refractivity contribution in [2.24, 2.45) is 16.6 Å². The van der Waals surface area contributed by atoms with Crippen LogP contribution in [0.3, 0.4) is 0 Å². The van der Waals surface area contributed by atoms with E-state index in [1.165, 1.54) is 0 Å². The van der Waals surface area contributed by atoms with Crippen molar-refractivity contribution in [2.45, 2.75) is 59.9 Å². The summed E-state index contributed by atoms with van der Waals surface area (Å²) in [5, 5.41) is 0. The summed E-state index contributed by atoms with van der Waals surface area (Å²) in [7, 11) is -3.20. The lowest BCUT2D eigenvalue weighted by atomic mass is 9.83. The van der Waals surface area contributed by atoms with Gasteiger partial charge in [-0.25, -0.2) is 12.7 Å². The van der Waals surface area contributed by atoms with Gasteiger partial charge in [0.1, 0.15) is 0 Å². The van der Waals surface area contributed by atoms with E-state index in [2.05, 4.69) is 34.6 Å². The van der Waals surface area contributed by atoms with Crippen LogP contribution >= 0.6 is 0 Å². The van der Waals surface area contributed by atoms with E-state index in [-0.39, 0.29) is 22.6 Å². The van der Waals surface area contributed by atoms with Gasteiger partial charge in [0.05, 0.1) is 5.75 Å². The summed E-state index contributed by atoms with van der Waals surface area (Å²) in [5.41, 5.74) is 6.33.